The van der Waals surface area contributed by atoms with Gasteiger partial charge in [-0.05, 0) is 48.5 Å². The number of ether oxygens (including phenoxy) is 1. The molecule has 0 aliphatic rings. The molecule has 0 saturated carbocycles. The third-order valence-corrected chi connectivity index (χ3v) is 5.79. The largest absolute Gasteiger partial charge is 0.497 e. The number of hydrogen-bond acceptors (Lipinski definition) is 5. The van der Waals surface area contributed by atoms with E-state index in [9.17, 15) is 13.2 Å². The van der Waals surface area contributed by atoms with E-state index in [0.29, 0.717) is 22.7 Å². The lowest BCUT2D eigenvalue weighted by molar-refractivity contribution is 0.0998. The van der Waals surface area contributed by atoms with Crippen LogP contribution in [0.15, 0.2) is 88.2 Å². The van der Waals surface area contributed by atoms with Crippen LogP contribution in [-0.4, -0.2) is 21.4 Å². The summed E-state index contributed by atoms with van der Waals surface area (Å²) in [5, 5.41) is 3.52. The van der Waals surface area contributed by atoms with Crippen LogP contribution in [0.25, 0.3) is 11.0 Å². The molecule has 0 bridgehead atoms. The molecule has 7 nitrogen and oxygen atoms in total. The second-order valence-corrected chi connectivity index (χ2v) is 8.15. The van der Waals surface area contributed by atoms with Crippen LogP contribution in [-0.2, 0) is 10.0 Å². The molecule has 1 aromatic heterocycles. The number of benzene rings is 3. The molecule has 1 amide bonds. The van der Waals surface area contributed by atoms with Gasteiger partial charge in [0.15, 0.2) is 5.76 Å². The van der Waals surface area contributed by atoms with Gasteiger partial charge >= 0.3 is 0 Å². The quantitative estimate of drug-likeness (QED) is 0.477. The maximum atomic E-state index is 12.6. The van der Waals surface area contributed by atoms with Crippen LogP contribution in [0.5, 0.6) is 5.75 Å². The molecule has 0 radical (unpaired) electrons. The van der Waals surface area contributed by atoms with E-state index in [-0.39, 0.29) is 10.7 Å². The van der Waals surface area contributed by atoms with Crippen molar-refractivity contribution in [3.63, 3.8) is 0 Å². The van der Waals surface area contributed by atoms with Gasteiger partial charge in [-0.1, -0.05) is 24.3 Å². The minimum Gasteiger partial charge on any atom is -0.497 e. The first kappa shape index (κ1) is 19.5. The van der Waals surface area contributed by atoms with E-state index in [1.165, 1.54) is 31.4 Å². The Morgan fingerprint density at radius 3 is 2.40 bits per heavy atom. The van der Waals surface area contributed by atoms with Crippen molar-refractivity contribution in [1.82, 2.24) is 0 Å². The molecule has 0 spiro atoms. The molecule has 0 aliphatic carbocycles. The number of fused-ring (bicyclic) bond motifs is 1. The SMILES string of the molecule is COc1cccc(NS(=O)(=O)c2ccc(NC(=O)c3cc4ccccc4o3)cc2)c1. The Balaban J connectivity index is 1.48. The van der Waals surface area contributed by atoms with E-state index < -0.39 is 15.9 Å². The van der Waals surface area contributed by atoms with E-state index in [0.717, 1.165) is 5.39 Å². The highest BCUT2D eigenvalue weighted by molar-refractivity contribution is 7.92. The van der Waals surface area contributed by atoms with Gasteiger partial charge < -0.3 is 14.5 Å². The number of rotatable bonds is 6. The van der Waals surface area contributed by atoms with Gasteiger partial charge in [-0.25, -0.2) is 8.42 Å². The number of carbonyl (C=O) groups excluding carboxylic acids is 1. The average Bonchev–Trinajstić information content (AvgIpc) is 3.18. The normalized spacial score (nSPS) is 11.2. The predicted molar refractivity (Wildman–Crippen MR) is 114 cm³/mol. The number of para-hydroxylation sites is 1. The summed E-state index contributed by atoms with van der Waals surface area (Å²) in [5.41, 5.74) is 1.45. The molecule has 1 heterocycles. The van der Waals surface area contributed by atoms with Crippen LogP contribution in [0.2, 0.25) is 0 Å². The van der Waals surface area contributed by atoms with Gasteiger partial charge in [-0.3, -0.25) is 9.52 Å². The smallest absolute Gasteiger partial charge is 0.291 e. The lowest BCUT2D eigenvalue weighted by atomic mass is 10.2. The number of hydrogen-bond donors (Lipinski definition) is 2. The van der Waals surface area contributed by atoms with E-state index >= 15 is 0 Å². The summed E-state index contributed by atoms with van der Waals surface area (Å²) in [5.74, 6) is 0.294. The van der Waals surface area contributed by atoms with Gasteiger partial charge in [-0.15, -0.1) is 0 Å². The van der Waals surface area contributed by atoms with Crippen LogP contribution in [0.4, 0.5) is 11.4 Å². The predicted octanol–water partition coefficient (Wildman–Crippen LogP) is 4.49. The zero-order valence-corrected chi connectivity index (χ0v) is 16.8. The summed E-state index contributed by atoms with van der Waals surface area (Å²) in [6.45, 7) is 0. The van der Waals surface area contributed by atoms with Crippen molar-refractivity contribution in [2.75, 3.05) is 17.1 Å². The number of carbonyl (C=O) groups is 1. The van der Waals surface area contributed by atoms with Gasteiger partial charge in [0, 0.05) is 17.1 Å². The van der Waals surface area contributed by atoms with Crippen molar-refractivity contribution in [2.24, 2.45) is 0 Å². The first-order chi connectivity index (χ1) is 14.4. The standard InChI is InChI=1S/C22H18N2O5S/c1-28-18-7-4-6-17(14-18)24-30(26,27)19-11-9-16(10-12-19)23-22(25)21-13-15-5-2-3-8-20(15)29-21/h2-14,24H,1H3,(H,23,25). The van der Waals surface area contributed by atoms with Crippen molar-refractivity contribution in [3.05, 3.63) is 84.6 Å². The summed E-state index contributed by atoms with van der Waals surface area (Å²) < 4.78 is 38.3. The molecule has 2 N–H and O–H groups in total. The molecule has 4 rings (SSSR count). The number of anilines is 2. The number of nitrogens with one attached hydrogen (secondary N) is 2. The van der Waals surface area contributed by atoms with Crippen LogP contribution in [0.1, 0.15) is 10.6 Å². The van der Waals surface area contributed by atoms with Gasteiger partial charge in [0.1, 0.15) is 11.3 Å². The van der Waals surface area contributed by atoms with Crippen molar-refractivity contribution in [1.29, 1.82) is 0 Å². The first-order valence-electron chi connectivity index (χ1n) is 9.01. The summed E-state index contributed by atoms with van der Waals surface area (Å²) in [6.07, 6.45) is 0. The van der Waals surface area contributed by atoms with E-state index in [1.54, 1.807) is 36.4 Å². The fourth-order valence-electron chi connectivity index (χ4n) is 2.90. The molecular formula is C22H18N2O5S. The molecule has 152 valence electrons. The molecule has 3 aromatic carbocycles. The van der Waals surface area contributed by atoms with Crippen molar-refractivity contribution in [3.8, 4) is 5.75 Å². The summed E-state index contributed by atoms with van der Waals surface area (Å²) in [4.78, 5) is 12.5. The zero-order valence-electron chi connectivity index (χ0n) is 16.0. The molecule has 0 aliphatic heterocycles. The Bertz CT molecular complexity index is 1280. The number of amides is 1. The summed E-state index contributed by atoms with van der Waals surface area (Å²) >= 11 is 0. The first-order valence-corrected chi connectivity index (χ1v) is 10.5. The summed E-state index contributed by atoms with van der Waals surface area (Å²) in [7, 11) is -2.28. The fourth-order valence-corrected chi connectivity index (χ4v) is 3.95. The lowest BCUT2D eigenvalue weighted by Crippen LogP contribution is -2.14. The molecular weight excluding hydrogens is 404 g/mol. The van der Waals surface area contributed by atoms with E-state index in [4.69, 9.17) is 9.15 Å². The van der Waals surface area contributed by atoms with Crippen LogP contribution in [0.3, 0.4) is 0 Å². The van der Waals surface area contributed by atoms with Crippen LogP contribution < -0.4 is 14.8 Å². The monoisotopic (exact) mass is 422 g/mol. The number of sulfonamides is 1. The Morgan fingerprint density at radius 1 is 0.900 bits per heavy atom. The maximum Gasteiger partial charge on any atom is 0.291 e. The summed E-state index contributed by atoms with van der Waals surface area (Å²) in [6, 6.07) is 21.4. The van der Waals surface area contributed by atoms with Gasteiger partial charge in [0.25, 0.3) is 15.9 Å². The highest BCUT2D eigenvalue weighted by atomic mass is 32.2. The van der Waals surface area contributed by atoms with Crippen LogP contribution in [0, 0.1) is 0 Å². The molecule has 4 aromatic rings. The van der Waals surface area contributed by atoms with Crippen LogP contribution >= 0.6 is 0 Å². The number of furan rings is 1. The number of methoxy groups -OCH3 is 1. The van der Waals surface area contributed by atoms with Gasteiger partial charge in [0.2, 0.25) is 0 Å². The molecule has 0 saturated heterocycles. The Labute approximate surface area is 173 Å². The second-order valence-electron chi connectivity index (χ2n) is 6.46. The minimum atomic E-state index is -3.79. The van der Waals surface area contributed by atoms with Gasteiger partial charge in [-0.2, -0.15) is 0 Å². The molecule has 30 heavy (non-hydrogen) atoms. The highest BCUT2D eigenvalue weighted by Gasteiger charge is 2.16. The fraction of sp³-hybridized carbons (Fsp3) is 0.0455. The molecule has 8 heteroatoms. The Hall–Kier alpha value is -3.78. The maximum absolute atomic E-state index is 12.6. The van der Waals surface area contributed by atoms with Crippen molar-refractivity contribution in [2.45, 2.75) is 4.90 Å². The topological polar surface area (TPSA) is 97.6 Å². The Kier molecular flexibility index (Phi) is 5.16. The lowest BCUT2D eigenvalue weighted by Gasteiger charge is -2.10. The molecule has 0 atom stereocenters. The second kappa shape index (κ2) is 7.92. The van der Waals surface area contributed by atoms with E-state index in [1.807, 2.05) is 18.2 Å². The Morgan fingerprint density at radius 2 is 1.67 bits per heavy atom. The highest BCUT2D eigenvalue weighted by Crippen LogP contribution is 2.23. The third kappa shape index (κ3) is 4.13. The average molecular weight is 422 g/mol. The van der Waals surface area contributed by atoms with E-state index in [2.05, 4.69) is 10.0 Å². The molecule has 0 unspecified atom stereocenters. The third-order valence-electron chi connectivity index (χ3n) is 4.39. The van der Waals surface area contributed by atoms with Crippen molar-refractivity contribution < 1.29 is 22.4 Å². The molecule has 0 fully saturated rings. The van der Waals surface area contributed by atoms with Crippen molar-refractivity contribution >= 4 is 38.3 Å². The zero-order chi connectivity index (χ0) is 21.1. The minimum absolute atomic E-state index is 0.0621. The van der Waals surface area contributed by atoms with Gasteiger partial charge in [0.05, 0.1) is 17.7 Å².